The van der Waals surface area contributed by atoms with Crippen molar-refractivity contribution >= 4 is 0 Å². The van der Waals surface area contributed by atoms with E-state index in [4.69, 9.17) is 10.5 Å². The number of ether oxygens (including phenoxy) is 1. The summed E-state index contributed by atoms with van der Waals surface area (Å²) in [6, 6.07) is 7.27. The van der Waals surface area contributed by atoms with E-state index < -0.39 is 12.1 Å². The Morgan fingerprint density at radius 2 is 1.81 bits per heavy atom. The predicted octanol–water partition coefficient (Wildman–Crippen LogP) is 2.97. The zero-order chi connectivity index (χ0) is 15.5. The van der Waals surface area contributed by atoms with Gasteiger partial charge in [0, 0.05) is 12.6 Å². The van der Waals surface area contributed by atoms with E-state index in [9.17, 15) is 13.2 Å². The van der Waals surface area contributed by atoms with Crippen LogP contribution in [-0.4, -0.2) is 37.8 Å². The number of nitrogens with two attached hydrogens (primary N) is 1. The molecule has 1 aliphatic rings. The van der Waals surface area contributed by atoms with Gasteiger partial charge in [0.2, 0.25) is 0 Å². The van der Waals surface area contributed by atoms with Crippen LogP contribution in [0.15, 0.2) is 24.3 Å². The van der Waals surface area contributed by atoms with Gasteiger partial charge in [0.25, 0.3) is 0 Å². The van der Waals surface area contributed by atoms with Gasteiger partial charge in [-0.15, -0.1) is 0 Å². The van der Waals surface area contributed by atoms with Gasteiger partial charge in [-0.05, 0) is 43.6 Å². The second kappa shape index (κ2) is 6.66. The predicted molar refractivity (Wildman–Crippen MR) is 75.1 cm³/mol. The summed E-state index contributed by atoms with van der Waals surface area (Å²) in [5, 5.41) is 0. The van der Waals surface area contributed by atoms with Crippen LogP contribution in [0.4, 0.5) is 13.2 Å². The van der Waals surface area contributed by atoms with Crippen molar-refractivity contribution in [2.75, 3.05) is 26.7 Å². The summed E-state index contributed by atoms with van der Waals surface area (Å²) in [7, 11) is 1.60. The van der Waals surface area contributed by atoms with E-state index in [0.717, 1.165) is 11.3 Å². The van der Waals surface area contributed by atoms with Gasteiger partial charge < -0.3 is 15.4 Å². The maximum Gasteiger partial charge on any atom is 0.391 e. The fourth-order valence-electron chi connectivity index (χ4n) is 2.68. The number of alkyl halides is 3. The Labute approximate surface area is 122 Å². The SMILES string of the molecule is COc1ccc(C(N)CN2CCC(C(F)(F)F)CC2)cc1. The Hall–Kier alpha value is -1.27. The molecule has 1 aliphatic heterocycles. The third-order valence-corrected chi connectivity index (χ3v) is 4.05. The van der Waals surface area contributed by atoms with E-state index in [-0.39, 0.29) is 18.9 Å². The molecule has 1 fully saturated rings. The number of likely N-dealkylation sites (tertiary alicyclic amines) is 1. The Bertz CT molecular complexity index is 439. The van der Waals surface area contributed by atoms with Crippen molar-refractivity contribution in [3.8, 4) is 5.75 Å². The summed E-state index contributed by atoms with van der Waals surface area (Å²) < 4.78 is 42.9. The molecule has 0 aliphatic carbocycles. The van der Waals surface area contributed by atoms with Crippen molar-refractivity contribution in [3.05, 3.63) is 29.8 Å². The van der Waals surface area contributed by atoms with Crippen molar-refractivity contribution in [2.24, 2.45) is 11.7 Å². The molecular weight excluding hydrogens is 281 g/mol. The van der Waals surface area contributed by atoms with E-state index in [1.807, 2.05) is 29.2 Å². The van der Waals surface area contributed by atoms with Gasteiger partial charge in [0.15, 0.2) is 0 Å². The number of rotatable bonds is 4. The molecular formula is C15H21F3N2O. The molecule has 21 heavy (non-hydrogen) atoms. The number of hydrogen-bond donors (Lipinski definition) is 1. The van der Waals surface area contributed by atoms with Crippen molar-refractivity contribution in [1.29, 1.82) is 0 Å². The van der Waals surface area contributed by atoms with Gasteiger partial charge in [0.1, 0.15) is 5.75 Å². The molecule has 0 radical (unpaired) electrons. The minimum absolute atomic E-state index is 0.166. The third kappa shape index (κ3) is 4.35. The Morgan fingerprint density at radius 1 is 1.24 bits per heavy atom. The molecule has 0 amide bonds. The van der Waals surface area contributed by atoms with Gasteiger partial charge in [-0.2, -0.15) is 13.2 Å². The second-order valence-electron chi connectivity index (χ2n) is 5.50. The van der Waals surface area contributed by atoms with Crippen LogP contribution >= 0.6 is 0 Å². The van der Waals surface area contributed by atoms with Crippen LogP contribution in [0.5, 0.6) is 5.75 Å². The lowest BCUT2D eigenvalue weighted by Gasteiger charge is -2.34. The summed E-state index contributed by atoms with van der Waals surface area (Å²) in [6.07, 6.45) is -3.73. The first-order valence-corrected chi connectivity index (χ1v) is 7.08. The number of methoxy groups -OCH3 is 1. The summed E-state index contributed by atoms with van der Waals surface area (Å²) in [6.45, 7) is 1.49. The molecule has 118 valence electrons. The molecule has 2 rings (SSSR count). The van der Waals surface area contributed by atoms with Gasteiger partial charge in [-0.3, -0.25) is 0 Å². The number of nitrogens with zero attached hydrogens (tertiary/aromatic N) is 1. The van der Waals surface area contributed by atoms with E-state index in [0.29, 0.717) is 19.6 Å². The van der Waals surface area contributed by atoms with Crippen LogP contribution < -0.4 is 10.5 Å². The largest absolute Gasteiger partial charge is 0.497 e. The smallest absolute Gasteiger partial charge is 0.391 e. The van der Waals surface area contributed by atoms with E-state index in [1.165, 1.54) is 0 Å². The Balaban J connectivity index is 1.85. The summed E-state index contributed by atoms with van der Waals surface area (Å²) in [4.78, 5) is 2.01. The van der Waals surface area contributed by atoms with Crippen LogP contribution in [0.25, 0.3) is 0 Å². The van der Waals surface area contributed by atoms with E-state index >= 15 is 0 Å². The quantitative estimate of drug-likeness (QED) is 0.929. The maximum absolute atomic E-state index is 12.6. The van der Waals surface area contributed by atoms with Gasteiger partial charge >= 0.3 is 6.18 Å². The molecule has 0 bridgehead atoms. The molecule has 6 heteroatoms. The molecule has 1 heterocycles. The average molecular weight is 302 g/mol. The molecule has 0 aromatic heterocycles. The molecule has 1 atom stereocenters. The van der Waals surface area contributed by atoms with Crippen LogP contribution in [0, 0.1) is 5.92 Å². The number of halogens is 3. The third-order valence-electron chi connectivity index (χ3n) is 4.05. The molecule has 1 saturated heterocycles. The lowest BCUT2D eigenvalue weighted by molar-refractivity contribution is -0.185. The maximum atomic E-state index is 12.6. The summed E-state index contributed by atoms with van der Waals surface area (Å²) in [5.41, 5.74) is 7.10. The van der Waals surface area contributed by atoms with Crippen LogP contribution in [0.1, 0.15) is 24.4 Å². The fourth-order valence-corrected chi connectivity index (χ4v) is 2.68. The fraction of sp³-hybridized carbons (Fsp3) is 0.600. The monoisotopic (exact) mass is 302 g/mol. The highest BCUT2D eigenvalue weighted by Crippen LogP contribution is 2.34. The van der Waals surface area contributed by atoms with Crippen molar-refractivity contribution in [2.45, 2.75) is 25.1 Å². The highest BCUT2D eigenvalue weighted by molar-refractivity contribution is 5.29. The van der Waals surface area contributed by atoms with E-state index in [1.54, 1.807) is 7.11 Å². The van der Waals surface area contributed by atoms with Crippen molar-refractivity contribution < 1.29 is 17.9 Å². The lowest BCUT2D eigenvalue weighted by atomic mass is 9.95. The normalized spacial score (nSPS) is 19.5. The molecule has 1 aromatic rings. The number of piperidine rings is 1. The zero-order valence-corrected chi connectivity index (χ0v) is 12.1. The first kappa shape index (κ1) is 16.1. The zero-order valence-electron chi connectivity index (χ0n) is 12.1. The number of hydrogen-bond acceptors (Lipinski definition) is 3. The average Bonchev–Trinajstić information content (AvgIpc) is 2.47. The first-order valence-electron chi connectivity index (χ1n) is 7.08. The minimum Gasteiger partial charge on any atom is -0.497 e. The highest BCUT2D eigenvalue weighted by atomic mass is 19.4. The van der Waals surface area contributed by atoms with Gasteiger partial charge in [-0.25, -0.2) is 0 Å². The lowest BCUT2D eigenvalue weighted by Crippen LogP contribution is -2.41. The summed E-state index contributed by atoms with van der Waals surface area (Å²) >= 11 is 0. The Morgan fingerprint density at radius 3 is 2.29 bits per heavy atom. The van der Waals surface area contributed by atoms with Crippen LogP contribution in [0.3, 0.4) is 0 Å². The van der Waals surface area contributed by atoms with Crippen molar-refractivity contribution in [1.82, 2.24) is 4.90 Å². The topological polar surface area (TPSA) is 38.5 Å². The minimum atomic E-state index is -4.07. The molecule has 1 unspecified atom stereocenters. The van der Waals surface area contributed by atoms with Crippen LogP contribution in [-0.2, 0) is 0 Å². The summed E-state index contributed by atoms with van der Waals surface area (Å²) in [5.74, 6) is -0.400. The molecule has 2 N–H and O–H groups in total. The van der Waals surface area contributed by atoms with E-state index in [2.05, 4.69) is 0 Å². The number of benzene rings is 1. The van der Waals surface area contributed by atoms with Gasteiger partial charge in [0.05, 0.1) is 13.0 Å². The standard InChI is InChI=1S/C15H21F3N2O/c1-21-13-4-2-11(3-5-13)14(19)10-20-8-6-12(7-9-20)15(16,17)18/h2-5,12,14H,6-10,19H2,1H3. The molecule has 0 saturated carbocycles. The van der Waals surface area contributed by atoms with Gasteiger partial charge in [-0.1, -0.05) is 12.1 Å². The van der Waals surface area contributed by atoms with Crippen LogP contribution in [0.2, 0.25) is 0 Å². The second-order valence-corrected chi connectivity index (χ2v) is 5.50. The molecule has 3 nitrogen and oxygen atoms in total. The highest BCUT2D eigenvalue weighted by Gasteiger charge is 2.41. The Kier molecular flexibility index (Phi) is 5.11. The molecule has 1 aromatic carbocycles. The first-order chi connectivity index (χ1) is 9.90. The van der Waals surface area contributed by atoms with Crippen molar-refractivity contribution in [3.63, 3.8) is 0 Å². The molecule has 0 spiro atoms.